The van der Waals surface area contributed by atoms with Gasteiger partial charge in [0.1, 0.15) is 5.82 Å². The molecule has 0 atom stereocenters. The molecule has 126 valence electrons. The molecule has 0 aliphatic rings. The molecule has 0 spiro atoms. The average molecular weight is 427 g/mol. The normalized spacial score (nSPS) is 11.3. The first-order chi connectivity index (χ1) is 10.6. The Morgan fingerprint density at radius 1 is 1.30 bits per heavy atom. The molecule has 0 saturated carbocycles. The molecule has 1 aromatic carbocycles. The fraction of sp³-hybridized carbons (Fsp3) is 0.412. The maximum Gasteiger partial charge on any atom is 0.191 e. The van der Waals surface area contributed by atoms with Gasteiger partial charge in [0.05, 0.1) is 0 Å². The highest BCUT2D eigenvalue weighted by molar-refractivity contribution is 14.0. The van der Waals surface area contributed by atoms with Gasteiger partial charge in [0.2, 0.25) is 0 Å². The molecule has 0 aliphatic heterocycles. The van der Waals surface area contributed by atoms with E-state index in [9.17, 15) is 0 Å². The Bertz CT molecular complexity index is 633. The van der Waals surface area contributed by atoms with Crippen LogP contribution in [0.5, 0.6) is 0 Å². The predicted molar refractivity (Wildman–Crippen MR) is 106 cm³/mol. The van der Waals surface area contributed by atoms with Crippen LogP contribution in [0.1, 0.15) is 30.8 Å². The minimum absolute atomic E-state index is 0. The summed E-state index contributed by atoms with van der Waals surface area (Å²) in [5.74, 6) is 1.86. The van der Waals surface area contributed by atoms with E-state index in [0.717, 1.165) is 24.9 Å². The van der Waals surface area contributed by atoms with E-state index in [-0.39, 0.29) is 24.0 Å². The highest BCUT2D eigenvalue weighted by Gasteiger charge is 2.02. The zero-order valence-corrected chi connectivity index (χ0v) is 16.5. The molecule has 0 bridgehead atoms. The number of benzene rings is 1. The van der Waals surface area contributed by atoms with Gasteiger partial charge >= 0.3 is 0 Å². The summed E-state index contributed by atoms with van der Waals surface area (Å²) in [7, 11) is 1.79. The first-order valence-corrected chi connectivity index (χ1v) is 7.61. The van der Waals surface area contributed by atoms with Crippen molar-refractivity contribution in [2.45, 2.75) is 39.9 Å². The number of nitrogens with one attached hydrogen (secondary N) is 2. The summed E-state index contributed by atoms with van der Waals surface area (Å²) < 4.78 is 2.14. The lowest BCUT2D eigenvalue weighted by atomic mass is 10.1. The second-order valence-corrected chi connectivity index (χ2v) is 5.65. The van der Waals surface area contributed by atoms with Crippen molar-refractivity contribution >= 4 is 29.9 Å². The Kier molecular flexibility index (Phi) is 8.08. The number of imidazole rings is 1. The van der Waals surface area contributed by atoms with Crippen molar-refractivity contribution in [1.82, 2.24) is 20.2 Å². The van der Waals surface area contributed by atoms with E-state index >= 15 is 0 Å². The highest BCUT2D eigenvalue weighted by atomic mass is 127. The molecule has 0 radical (unpaired) electrons. The molecule has 0 aliphatic carbocycles. The van der Waals surface area contributed by atoms with Gasteiger partial charge in [0, 0.05) is 38.6 Å². The number of halogens is 1. The van der Waals surface area contributed by atoms with Gasteiger partial charge in [-0.15, -0.1) is 24.0 Å². The number of aryl methyl sites for hydroxylation is 1. The molecule has 1 heterocycles. The summed E-state index contributed by atoms with van der Waals surface area (Å²) in [6.45, 7) is 7.82. The van der Waals surface area contributed by atoms with E-state index in [0.29, 0.717) is 6.04 Å². The summed E-state index contributed by atoms with van der Waals surface area (Å²) in [6, 6.07) is 8.94. The smallest absolute Gasteiger partial charge is 0.191 e. The van der Waals surface area contributed by atoms with E-state index in [4.69, 9.17) is 0 Å². The summed E-state index contributed by atoms with van der Waals surface area (Å²) in [6.07, 6.45) is 3.84. The van der Waals surface area contributed by atoms with Crippen molar-refractivity contribution in [3.63, 3.8) is 0 Å². The van der Waals surface area contributed by atoms with E-state index in [2.05, 4.69) is 63.3 Å². The average Bonchev–Trinajstić information content (AvgIpc) is 2.89. The molecule has 23 heavy (non-hydrogen) atoms. The third-order valence-electron chi connectivity index (χ3n) is 3.38. The Balaban J connectivity index is 0.00000264. The van der Waals surface area contributed by atoms with Crippen LogP contribution in [0.2, 0.25) is 0 Å². The van der Waals surface area contributed by atoms with Gasteiger partial charge in [-0.3, -0.25) is 4.99 Å². The monoisotopic (exact) mass is 427 g/mol. The van der Waals surface area contributed by atoms with Crippen LogP contribution in [-0.4, -0.2) is 28.6 Å². The van der Waals surface area contributed by atoms with Crippen molar-refractivity contribution in [1.29, 1.82) is 0 Å². The number of hydrogen-bond acceptors (Lipinski definition) is 2. The first-order valence-electron chi connectivity index (χ1n) is 7.61. The van der Waals surface area contributed by atoms with Gasteiger partial charge in [0.15, 0.2) is 5.96 Å². The number of nitrogens with zero attached hydrogens (tertiary/aromatic N) is 3. The molecule has 5 nitrogen and oxygen atoms in total. The molecular weight excluding hydrogens is 401 g/mol. The SMILES string of the molecule is CN=C(NCc1cccc(Cn2ccnc2C)c1)NC(C)C.I. The molecule has 0 amide bonds. The van der Waals surface area contributed by atoms with Crippen LogP contribution in [-0.2, 0) is 13.1 Å². The van der Waals surface area contributed by atoms with Crippen LogP contribution in [0.3, 0.4) is 0 Å². The van der Waals surface area contributed by atoms with Gasteiger partial charge in [0.25, 0.3) is 0 Å². The fourth-order valence-electron chi connectivity index (χ4n) is 2.26. The lowest BCUT2D eigenvalue weighted by molar-refractivity contribution is 0.699. The lowest BCUT2D eigenvalue weighted by Crippen LogP contribution is -2.40. The zero-order valence-electron chi connectivity index (χ0n) is 14.2. The Labute approximate surface area is 155 Å². The van der Waals surface area contributed by atoms with Crippen LogP contribution in [0, 0.1) is 6.92 Å². The topological polar surface area (TPSA) is 54.2 Å². The predicted octanol–water partition coefficient (Wildman–Crippen LogP) is 2.93. The second-order valence-electron chi connectivity index (χ2n) is 5.65. The highest BCUT2D eigenvalue weighted by Crippen LogP contribution is 2.08. The maximum atomic E-state index is 4.26. The van der Waals surface area contributed by atoms with Crippen LogP contribution >= 0.6 is 24.0 Å². The molecule has 6 heteroatoms. The maximum absolute atomic E-state index is 4.26. The summed E-state index contributed by atoms with van der Waals surface area (Å²) in [5, 5.41) is 6.62. The largest absolute Gasteiger partial charge is 0.354 e. The van der Waals surface area contributed by atoms with Crippen molar-refractivity contribution in [3.8, 4) is 0 Å². The molecule has 0 unspecified atom stereocenters. The molecule has 2 N–H and O–H groups in total. The molecular formula is C17H26IN5. The molecule has 2 aromatic rings. The minimum atomic E-state index is 0. The number of aromatic nitrogens is 2. The summed E-state index contributed by atoms with van der Waals surface area (Å²) in [4.78, 5) is 8.48. The van der Waals surface area contributed by atoms with Crippen LogP contribution in [0.4, 0.5) is 0 Å². The van der Waals surface area contributed by atoms with Crippen molar-refractivity contribution < 1.29 is 0 Å². The lowest BCUT2D eigenvalue weighted by Gasteiger charge is -2.15. The van der Waals surface area contributed by atoms with Crippen LogP contribution in [0.15, 0.2) is 41.7 Å². The van der Waals surface area contributed by atoms with Crippen LogP contribution < -0.4 is 10.6 Å². The number of aliphatic imine (C=N–C) groups is 1. The quantitative estimate of drug-likeness (QED) is 0.439. The van der Waals surface area contributed by atoms with E-state index < -0.39 is 0 Å². The minimum Gasteiger partial charge on any atom is -0.354 e. The van der Waals surface area contributed by atoms with Gasteiger partial charge < -0.3 is 15.2 Å². The Morgan fingerprint density at radius 2 is 2.04 bits per heavy atom. The van der Waals surface area contributed by atoms with Gasteiger partial charge in [-0.2, -0.15) is 0 Å². The second kappa shape index (κ2) is 9.54. The van der Waals surface area contributed by atoms with Crippen LogP contribution in [0.25, 0.3) is 0 Å². The van der Waals surface area contributed by atoms with Gasteiger partial charge in [-0.05, 0) is 31.9 Å². The number of hydrogen-bond donors (Lipinski definition) is 2. The van der Waals surface area contributed by atoms with Crippen molar-refractivity contribution in [2.24, 2.45) is 4.99 Å². The van der Waals surface area contributed by atoms with E-state index in [1.807, 2.05) is 19.3 Å². The summed E-state index contributed by atoms with van der Waals surface area (Å²) >= 11 is 0. The molecule has 2 rings (SSSR count). The zero-order chi connectivity index (χ0) is 15.9. The molecule has 0 fully saturated rings. The first kappa shape index (κ1) is 19.5. The number of rotatable bonds is 5. The summed E-state index contributed by atoms with van der Waals surface area (Å²) in [5.41, 5.74) is 2.51. The third kappa shape index (κ3) is 6.21. The van der Waals surface area contributed by atoms with E-state index in [1.54, 1.807) is 7.05 Å². The fourth-order valence-corrected chi connectivity index (χ4v) is 2.26. The van der Waals surface area contributed by atoms with E-state index in [1.165, 1.54) is 11.1 Å². The standard InChI is InChI=1S/C17H25N5.HI/c1-13(2)21-17(18-4)20-11-15-6-5-7-16(10-15)12-22-9-8-19-14(22)3;/h5-10,13H,11-12H2,1-4H3,(H2,18,20,21);1H. The van der Waals surface area contributed by atoms with Crippen molar-refractivity contribution in [3.05, 3.63) is 53.6 Å². The molecule has 1 aromatic heterocycles. The molecule has 0 saturated heterocycles. The van der Waals surface area contributed by atoms with Gasteiger partial charge in [-0.25, -0.2) is 4.98 Å². The third-order valence-corrected chi connectivity index (χ3v) is 3.38. The van der Waals surface area contributed by atoms with Gasteiger partial charge in [-0.1, -0.05) is 24.3 Å². The van der Waals surface area contributed by atoms with Crippen molar-refractivity contribution in [2.75, 3.05) is 7.05 Å². The Hall–Kier alpha value is -1.57. The number of guanidine groups is 1. The Morgan fingerprint density at radius 3 is 2.65 bits per heavy atom.